The highest BCUT2D eigenvalue weighted by molar-refractivity contribution is 6.31. The normalized spacial score (nSPS) is 16.5. The average Bonchev–Trinajstić information content (AvgIpc) is 2.47. The van der Waals surface area contributed by atoms with Crippen molar-refractivity contribution in [3.05, 3.63) is 28.3 Å². The molecule has 1 fully saturated rings. The van der Waals surface area contributed by atoms with Crippen LogP contribution in [0.25, 0.3) is 0 Å². The number of hydrogen-bond acceptors (Lipinski definition) is 3. The molecule has 0 atom stereocenters. The van der Waals surface area contributed by atoms with Gasteiger partial charge in [-0.05, 0) is 57.2 Å². The van der Waals surface area contributed by atoms with Crippen LogP contribution in [-0.2, 0) is 4.74 Å². The highest BCUT2D eigenvalue weighted by Crippen LogP contribution is 2.39. The van der Waals surface area contributed by atoms with Gasteiger partial charge in [-0.3, -0.25) is 0 Å². The fourth-order valence-corrected chi connectivity index (χ4v) is 3.04. The first-order valence-electron chi connectivity index (χ1n) is 7.87. The molecule has 4 nitrogen and oxygen atoms in total. The van der Waals surface area contributed by atoms with Crippen LogP contribution < -0.4 is 0 Å². The number of carbonyl (C=O) groups is 1. The molecule has 1 heterocycles. The van der Waals surface area contributed by atoms with Crippen molar-refractivity contribution < 1.29 is 23.4 Å². The van der Waals surface area contributed by atoms with Crippen LogP contribution in [-0.4, -0.2) is 34.8 Å². The van der Waals surface area contributed by atoms with Crippen molar-refractivity contribution >= 4 is 17.7 Å². The highest BCUT2D eigenvalue weighted by atomic mass is 35.5. The van der Waals surface area contributed by atoms with Crippen molar-refractivity contribution in [1.29, 1.82) is 0 Å². The van der Waals surface area contributed by atoms with Gasteiger partial charge in [0.15, 0.2) is 0 Å². The Labute approximate surface area is 145 Å². The summed E-state index contributed by atoms with van der Waals surface area (Å²) in [7, 11) is 0. The Morgan fingerprint density at radius 1 is 1.33 bits per heavy atom. The Kier molecular flexibility index (Phi) is 5.58. The lowest BCUT2D eigenvalue weighted by Crippen LogP contribution is -2.41. The molecule has 1 aromatic carbocycles. The van der Waals surface area contributed by atoms with Gasteiger partial charge in [0.1, 0.15) is 11.4 Å². The first-order chi connectivity index (χ1) is 11.1. The number of halogens is 3. The molecule has 134 valence electrons. The Bertz CT molecular complexity index is 609. The number of nitrogens with zero attached hydrogens (tertiary/aromatic N) is 1. The molecular weight excluding hydrogens is 340 g/mol. The number of alkyl halides is 2. The number of rotatable bonds is 2. The third kappa shape index (κ3) is 4.50. The SMILES string of the molecule is CC(C)(C)OC(=O)N1CCC(c2cc(Cl)c(C(F)F)cc2O)CC1. The number of ether oxygens (including phenoxy) is 1. The molecule has 2 rings (SSSR count). The zero-order valence-electron chi connectivity index (χ0n) is 14.0. The van der Waals surface area contributed by atoms with Crippen molar-refractivity contribution in [1.82, 2.24) is 4.90 Å². The molecule has 1 aromatic rings. The van der Waals surface area contributed by atoms with E-state index in [0.29, 0.717) is 31.5 Å². The van der Waals surface area contributed by atoms with Crippen LogP contribution in [0.15, 0.2) is 12.1 Å². The van der Waals surface area contributed by atoms with E-state index >= 15 is 0 Å². The standard InChI is InChI=1S/C17H22ClF2NO3/c1-17(2,3)24-16(23)21-6-4-10(5-7-21)11-8-13(18)12(15(19)20)9-14(11)22/h8-10,15,22H,4-7H2,1-3H3. The Morgan fingerprint density at radius 2 is 1.92 bits per heavy atom. The van der Waals surface area contributed by atoms with Crippen LogP contribution in [0.5, 0.6) is 5.75 Å². The van der Waals surface area contributed by atoms with Gasteiger partial charge in [-0.25, -0.2) is 13.6 Å². The van der Waals surface area contributed by atoms with Gasteiger partial charge in [0.2, 0.25) is 0 Å². The van der Waals surface area contributed by atoms with Gasteiger partial charge in [0.05, 0.1) is 0 Å². The number of phenols is 1. The molecule has 1 N–H and O–H groups in total. The second-order valence-corrected chi connectivity index (χ2v) is 7.38. The number of aromatic hydroxyl groups is 1. The number of hydrogen-bond donors (Lipinski definition) is 1. The highest BCUT2D eigenvalue weighted by Gasteiger charge is 2.29. The predicted octanol–water partition coefficient (Wildman–Crippen LogP) is 5.10. The first kappa shape index (κ1) is 18.8. The number of piperidine rings is 1. The van der Waals surface area contributed by atoms with Crippen LogP contribution in [0.1, 0.15) is 57.1 Å². The lowest BCUT2D eigenvalue weighted by atomic mass is 9.88. The van der Waals surface area contributed by atoms with Gasteiger partial charge in [0, 0.05) is 23.7 Å². The summed E-state index contributed by atoms with van der Waals surface area (Å²) in [5, 5.41) is 10.00. The zero-order valence-corrected chi connectivity index (χ0v) is 14.7. The van der Waals surface area contributed by atoms with E-state index in [9.17, 15) is 18.7 Å². The van der Waals surface area contributed by atoms with Crippen LogP contribution >= 0.6 is 11.6 Å². The van der Waals surface area contributed by atoms with E-state index in [0.717, 1.165) is 6.07 Å². The number of amides is 1. The second kappa shape index (κ2) is 7.13. The topological polar surface area (TPSA) is 49.8 Å². The summed E-state index contributed by atoms with van der Waals surface area (Å²) < 4.78 is 30.9. The molecule has 0 radical (unpaired) electrons. The van der Waals surface area contributed by atoms with Crippen molar-refractivity contribution in [2.45, 2.75) is 51.6 Å². The van der Waals surface area contributed by atoms with E-state index in [1.807, 2.05) is 20.8 Å². The monoisotopic (exact) mass is 361 g/mol. The Hall–Kier alpha value is -1.56. The van der Waals surface area contributed by atoms with Crippen molar-refractivity contribution in [2.24, 2.45) is 0 Å². The van der Waals surface area contributed by atoms with Crippen molar-refractivity contribution in [3.63, 3.8) is 0 Å². The fourth-order valence-electron chi connectivity index (χ4n) is 2.79. The third-order valence-electron chi connectivity index (χ3n) is 3.97. The largest absolute Gasteiger partial charge is 0.508 e. The number of carbonyl (C=O) groups excluding carboxylic acids is 1. The lowest BCUT2D eigenvalue weighted by Gasteiger charge is -2.33. The molecule has 0 bridgehead atoms. The lowest BCUT2D eigenvalue weighted by molar-refractivity contribution is 0.0204. The van der Waals surface area contributed by atoms with E-state index in [1.165, 1.54) is 6.07 Å². The Morgan fingerprint density at radius 3 is 2.42 bits per heavy atom. The van der Waals surface area contributed by atoms with E-state index in [2.05, 4.69) is 0 Å². The number of phenolic OH excluding ortho intramolecular Hbond substituents is 1. The molecule has 0 saturated carbocycles. The molecule has 0 aliphatic carbocycles. The predicted molar refractivity (Wildman–Crippen MR) is 87.9 cm³/mol. The maximum atomic E-state index is 12.8. The summed E-state index contributed by atoms with van der Waals surface area (Å²) in [6.45, 7) is 6.38. The summed E-state index contributed by atoms with van der Waals surface area (Å²) in [5.41, 5.74) is -0.373. The molecule has 0 aromatic heterocycles. The quantitative estimate of drug-likeness (QED) is 0.797. The van der Waals surface area contributed by atoms with Crippen LogP contribution in [0.2, 0.25) is 5.02 Å². The van der Waals surface area contributed by atoms with Gasteiger partial charge >= 0.3 is 6.09 Å². The smallest absolute Gasteiger partial charge is 0.410 e. The van der Waals surface area contributed by atoms with E-state index in [1.54, 1.807) is 4.90 Å². The van der Waals surface area contributed by atoms with Crippen LogP contribution in [0.4, 0.5) is 13.6 Å². The van der Waals surface area contributed by atoms with Crippen molar-refractivity contribution in [3.8, 4) is 5.75 Å². The van der Waals surface area contributed by atoms with Gasteiger partial charge in [0.25, 0.3) is 6.43 Å². The van der Waals surface area contributed by atoms with E-state index in [-0.39, 0.29) is 28.3 Å². The molecule has 0 spiro atoms. The van der Waals surface area contributed by atoms with Crippen molar-refractivity contribution in [2.75, 3.05) is 13.1 Å². The molecule has 1 amide bonds. The number of likely N-dealkylation sites (tertiary alicyclic amines) is 1. The van der Waals surface area contributed by atoms with E-state index in [4.69, 9.17) is 16.3 Å². The minimum Gasteiger partial charge on any atom is -0.508 e. The minimum atomic E-state index is -2.73. The summed E-state index contributed by atoms with van der Waals surface area (Å²) in [4.78, 5) is 13.7. The average molecular weight is 362 g/mol. The molecule has 1 saturated heterocycles. The maximum Gasteiger partial charge on any atom is 0.410 e. The molecular formula is C17H22ClF2NO3. The molecule has 0 unspecified atom stereocenters. The second-order valence-electron chi connectivity index (χ2n) is 6.97. The van der Waals surface area contributed by atoms with Gasteiger partial charge in [-0.15, -0.1) is 0 Å². The van der Waals surface area contributed by atoms with Gasteiger partial charge in [-0.1, -0.05) is 11.6 Å². The van der Waals surface area contributed by atoms with Crippen LogP contribution in [0, 0.1) is 0 Å². The molecule has 1 aliphatic heterocycles. The molecule has 1 aliphatic rings. The minimum absolute atomic E-state index is 0.0343. The summed E-state index contributed by atoms with van der Waals surface area (Å²) >= 11 is 5.89. The zero-order chi connectivity index (χ0) is 18.1. The molecule has 7 heteroatoms. The Balaban J connectivity index is 2.05. The maximum absolute atomic E-state index is 12.8. The van der Waals surface area contributed by atoms with Crippen LogP contribution in [0.3, 0.4) is 0 Å². The molecule has 24 heavy (non-hydrogen) atoms. The summed E-state index contributed by atoms with van der Waals surface area (Å²) in [6.07, 6.45) is -1.88. The van der Waals surface area contributed by atoms with Gasteiger partial charge < -0.3 is 14.7 Å². The summed E-state index contributed by atoms with van der Waals surface area (Å²) in [6, 6.07) is 2.44. The number of benzene rings is 1. The summed E-state index contributed by atoms with van der Waals surface area (Å²) in [5.74, 6) is -0.210. The van der Waals surface area contributed by atoms with E-state index < -0.39 is 12.0 Å². The fraction of sp³-hybridized carbons (Fsp3) is 0.588. The van der Waals surface area contributed by atoms with Gasteiger partial charge in [-0.2, -0.15) is 0 Å². The first-order valence-corrected chi connectivity index (χ1v) is 8.24. The third-order valence-corrected chi connectivity index (χ3v) is 4.29.